The fourth-order valence-electron chi connectivity index (χ4n) is 3.48. The normalized spacial score (nSPS) is 10.9. The summed E-state index contributed by atoms with van der Waals surface area (Å²) in [4.78, 5) is 11.1. The van der Waals surface area contributed by atoms with Crippen LogP contribution in [0, 0.1) is 0 Å². The van der Waals surface area contributed by atoms with Crippen molar-refractivity contribution in [3.8, 4) is 16.9 Å². The number of furan rings is 1. The Hall–Kier alpha value is -3.57. The predicted molar refractivity (Wildman–Crippen MR) is 112 cm³/mol. The Bertz CT molecular complexity index is 1160. The average molecular weight is 387 g/mol. The first-order valence-electron chi connectivity index (χ1n) is 9.36. The zero-order valence-corrected chi connectivity index (χ0v) is 15.8. The van der Waals surface area contributed by atoms with Gasteiger partial charge in [0.15, 0.2) is 0 Å². The molecule has 4 rings (SSSR count). The van der Waals surface area contributed by atoms with Crippen LogP contribution < -0.4 is 10.5 Å². The van der Waals surface area contributed by atoms with Crippen molar-refractivity contribution in [2.24, 2.45) is 5.73 Å². The number of carboxylic acids is 1. The number of hydrogen-bond donors (Lipinski definition) is 2. The van der Waals surface area contributed by atoms with Crippen LogP contribution in [0.15, 0.2) is 77.4 Å². The van der Waals surface area contributed by atoms with Crippen LogP contribution in [0.25, 0.3) is 22.1 Å². The molecule has 0 atom stereocenters. The molecular formula is C24H21NO4. The first-order valence-corrected chi connectivity index (χ1v) is 9.36. The summed E-state index contributed by atoms with van der Waals surface area (Å²) in [7, 11) is 0. The Kier molecular flexibility index (Phi) is 5.31. The third-order valence-corrected chi connectivity index (χ3v) is 4.85. The molecule has 0 aliphatic heterocycles. The van der Waals surface area contributed by atoms with Crippen LogP contribution in [-0.2, 0) is 24.4 Å². The number of benzene rings is 3. The van der Waals surface area contributed by atoms with Crippen molar-refractivity contribution in [2.45, 2.75) is 19.6 Å². The van der Waals surface area contributed by atoms with E-state index in [9.17, 15) is 4.79 Å². The van der Waals surface area contributed by atoms with E-state index in [1.807, 2.05) is 36.4 Å². The maximum atomic E-state index is 11.1. The fraction of sp³-hybridized carbons (Fsp3) is 0.125. The lowest BCUT2D eigenvalue weighted by atomic mass is 9.98. The number of aliphatic carboxylic acids is 1. The van der Waals surface area contributed by atoms with Crippen molar-refractivity contribution < 1.29 is 19.1 Å². The summed E-state index contributed by atoms with van der Waals surface area (Å²) in [5.74, 6) is -0.330. The van der Waals surface area contributed by atoms with E-state index < -0.39 is 5.97 Å². The number of para-hydroxylation sites is 1. The van der Waals surface area contributed by atoms with Gasteiger partial charge in [-0.15, -0.1) is 0 Å². The highest BCUT2D eigenvalue weighted by atomic mass is 16.5. The summed E-state index contributed by atoms with van der Waals surface area (Å²) < 4.78 is 11.7. The summed E-state index contributed by atoms with van der Waals surface area (Å²) in [5.41, 5.74) is 11.3. The predicted octanol–water partition coefficient (Wildman–Crippen LogP) is 4.76. The van der Waals surface area contributed by atoms with Crippen molar-refractivity contribution >= 4 is 16.9 Å². The number of hydrogen-bond acceptors (Lipinski definition) is 4. The average Bonchev–Trinajstić information content (AvgIpc) is 3.16. The molecule has 4 aromatic rings. The molecule has 29 heavy (non-hydrogen) atoms. The van der Waals surface area contributed by atoms with E-state index in [2.05, 4.69) is 12.1 Å². The highest BCUT2D eigenvalue weighted by Gasteiger charge is 2.14. The second-order valence-corrected chi connectivity index (χ2v) is 6.81. The van der Waals surface area contributed by atoms with Gasteiger partial charge in [0, 0.05) is 23.1 Å². The molecule has 0 saturated heterocycles. The summed E-state index contributed by atoms with van der Waals surface area (Å²) in [6, 6.07) is 21.2. The van der Waals surface area contributed by atoms with Gasteiger partial charge in [-0.05, 0) is 34.9 Å². The molecule has 5 nitrogen and oxygen atoms in total. The topological polar surface area (TPSA) is 85.7 Å². The van der Waals surface area contributed by atoms with E-state index >= 15 is 0 Å². The van der Waals surface area contributed by atoms with Crippen molar-refractivity contribution in [2.75, 3.05) is 0 Å². The number of ether oxygens (including phenoxy) is 1. The smallest absolute Gasteiger partial charge is 0.307 e. The summed E-state index contributed by atoms with van der Waals surface area (Å²) >= 11 is 0. The molecular weight excluding hydrogens is 366 g/mol. The highest BCUT2D eigenvalue weighted by Crippen LogP contribution is 2.34. The van der Waals surface area contributed by atoms with Gasteiger partial charge in [-0.1, -0.05) is 48.5 Å². The van der Waals surface area contributed by atoms with Gasteiger partial charge < -0.3 is 20.0 Å². The zero-order valence-electron chi connectivity index (χ0n) is 15.8. The molecule has 0 saturated carbocycles. The van der Waals surface area contributed by atoms with E-state index in [4.69, 9.17) is 20.0 Å². The maximum Gasteiger partial charge on any atom is 0.307 e. The van der Waals surface area contributed by atoms with Crippen LogP contribution in [-0.4, -0.2) is 11.1 Å². The second kappa shape index (κ2) is 8.20. The number of carboxylic acid groups (broad SMARTS) is 1. The molecule has 0 aliphatic rings. The molecule has 0 fully saturated rings. The molecule has 1 heterocycles. The van der Waals surface area contributed by atoms with Crippen LogP contribution in [0.2, 0.25) is 0 Å². The Morgan fingerprint density at radius 2 is 1.83 bits per heavy atom. The monoisotopic (exact) mass is 387 g/mol. The van der Waals surface area contributed by atoms with Gasteiger partial charge in [-0.2, -0.15) is 0 Å². The molecule has 146 valence electrons. The van der Waals surface area contributed by atoms with E-state index in [-0.39, 0.29) is 13.0 Å². The highest BCUT2D eigenvalue weighted by molar-refractivity contribution is 5.96. The molecule has 0 aliphatic carbocycles. The van der Waals surface area contributed by atoms with Crippen molar-refractivity contribution in [3.63, 3.8) is 0 Å². The van der Waals surface area contributed by atoms with Gasteiger partial charge in [-0.25, -0.2) is 0 Å². The van der Waals surface area contributed by atoms with E-state index in [0.717, 1.165) is 33.2 Å². The summed E-state index contributed by atoms with van der Waals surface area (Å²) in [6.45, 7) is 0.753. The minimum atomic E-state index is -0.892. The van der Waals surface area contributed by atoms with Gasteiger partial charge >= 0.3 is 5.97 Å². The third-order valence-electron chi connectivity index (χ3n) is 4.85. The van der Waals surface area contributed by atoms with Crippen LogP contribution >= 0.6 is 0 Å². The van der Waals surface area contributed by atoms with E-state index in [1.165, 1.54) is 0 Å². The van der Waals surface area contributed by atoms with Crippen molar-refractivity contribution in [1.82, 2.24) is 0 Å². The SMILES string of the molecule is NCc1cccc(-c2cccc3occ(COc4ccccc4CC(=O)O)c23)c1. The molecule has 1 aromatic heterocycles. The standard InChI is InChI=1S/C24H21NO4/c25-13-16-5-3-7-17(11-16)20-8-4-10-22-24(20)19(15-29-22)14-28-21-9-2-1-6-18(21)12-23(26)27/h1-11,15H,12-14,25H2,(H,26,27). The molecule has 0 amide bonds. The molecule has 0 radical (unpaired) electrons. The van der Waals surface area contributed by atoms with E-state index in [0.29, 0.717) is 17.9 Å². The molecule has 3 N–H and O–H groups in total. The zero-order chi connectivity index (χ0) is 20.2. The maximum absolute atomic E-state index is 11.1. The van der Waals surface area contributed by atoms with Crippen LogP contribution in [0.4, 0.5) is 0 Å². The summed E-state index contributed by atoms with van der Waals surface area (Å²) in [5, 5.41) is 10.1. The Morgan fingerprint density at radius 1 is 1.00 bits per heavy atom. The van der Waals surface area contributed by atoms with E-state index in [1.54, 1.807) is 24.5 Å². The number of rotatable bonds is 7. The first kappa shape index (κ1) is 18.8. The Morgan fingerprint density at radius 3 is 2.66 bits per heavy atom. The van der Waals surface area contributed by atoms with Crippen molar-refractivity contribution in [3.05, 3.63) is 89.7 Å². The van der Waals surface area contributed by atoms with Gasteiger partial charge in [0.25, 0.3) is 0 Å². The van der Waals surface area contributed by atoms with Crippen LogP contribution in [0.5, 0.6) is 5.75 Å². The van der Waals surface area contributed by atoms with Crippen molar-refractivity contribution in [1.29, 1.82) is 0 Å². The number of nitrogens with two attached hydrogens (primary N) is 1. The van der Waals surface area contributed by atoms with Gasteiger partial charge in [-0.3, -0.25) is 4.79 Å². The quantitative estimate of drug-likeness (QED) is 0.477. The first-order chi connectivity index (χ1) is 14.2. The molecule has 0 bridgehead atoms. The minimum Gasteiger partial charge on any atom is -0.488 e. The Labute approximate surface area is 168 Å². The Balaban J connectivity index is 1.68. The van der Waals surface area contributed by atoms with Gasteiger partial charge in [0.1, 0.15) is 17.9 Å². The van der Waals surface area contributed by atoms with Crippen LogP contribution in [0.3, 0.4) is 0 Å². The minimum absolute atomic E-state index is 0.0839. The van der Waals surface area contributed by atoms with Crippen LogP contribution in [0.1, 0.15) is 16.7 Å². The molecule has 0 unspecified atom stereocenters. The summed E-state index contributed by atoms with van der Waals surface area (Å²) in [6.07, 6.45) is 1.61. The molecule has 3 aromatic carbocycles. The third kappa shape index (κ3) is 4.00. The largest absolute Gasteiger partial charge is 0.488 e. The molecule has 5 heteroatoms. The lowest BCUT2D eigenvalue weighted by Gasteiger charge is -2.11. The lowest BCUT2D eigenvalue weighted by molar-refractivity contribution is -0.136. The number of fused-ring (bicyclic) bond motifs is 1. The lowest BCUT2D eigenvalue weighted by Crippen LogP contribution is -2.04. The number of carbonyl (C=O) groups is 1. The van der Waals surface area contributed by atoms with Gasteiger partial charge in [0.2, 0.25) is 0 Å². The fourth-order valence-corrected chi connectivity index (χ4v) is 3.48. The second-order valence-electron chi connectivity index (χ2n) is 6.81. The molecule has 0 spiro atoms. The van der Waals surface area contributed by atoms with Gasteiger partial charge in [0.05, 0.1) is 12.7 Å².